The van der Waals surface area contributed by atoms with Crippen LogP contribution in [0.15, 0.2) is 35.1 Å². The van der Waals surface area contributed by atoms with Crippen molar-refractivity contribution in [3.05, 3.63) is 51.4 Å². The van der Waals surface area contributed by atoms with Crippen molar-refractivity contribution in [2.75, 3.05) is 0 Å². The molecule has 1 aromatic heterocycles. The first-order chi connectivity index (χ1) is 10.7. The van der Waals surface area contributed by atoms with Crippen molar-refractivity contribution in [3.8, 4) is 11.4 Å². The summed E-state index contributed by atoms with van der Waals surface area (Å²) in [6, 6.07) is 8.48. The third kappa shape index (κ3) is 4.66. The van der Waals surface area contributed by atoms with E-state index in [1.165, 1.54) is 10.6 Å². The van der Waals surface area contributed by atoms with Gasteiger partial charge in [-0.3, -0.25) is 14.2 Å². The van der Waals surface area contributed by atoms with Crippen molar-refractivity contribution in [2.24, 2.45) is 0 Å². The van der Waals surface area contributed by atoms with Gasteiger partial charge in [-0.05, 0) is 39.8 Å². The summed E-state index contributed by atoms with van der Waals surface area (Å²) in [7, 11) is 0. The van der Waals surface area contributed by atoms with E-state index >= 15 is 0 Å². The van der Waals surface area contributed by atoms with E-state index in [0.717, 1.165) is 0 Å². The Balaban J connectivity index is 2.47. The van der Waals surface area contributed by atoms with E-state index in [4.69, 9.17) is 11.6 Å². The molecule has 0 spiro atoms. The molecule has 1 N–H and O–H groups in total. The fourth-order valence-corrected chi connectivity index (χ4v) is 2.41. The van der Waals surface area contributed by atoms with Crippen molar-refractivity contribution in [1.82, 2.24) is 14.9 Å². The topological polar surface area (TPSA) is 64.0 Å². The zero-order valence-corrected chi connectivity index (χ0v) is 14.4. The van der Waals surface area contributed by atoms with Crippen molar-refractivity contribution >= 4 is 17.5 Å². The summed E-state index contributed by atoms with van der Waals surface area (Å²) in [6.07, 6.45) is 0. The molecule has 0 radical (unpaired) electrons. The van der Waals surface area contributed by atoms with Gasteiger partial charge < -0.3 is 5.32 Å². The molecule has 122 valence electrons. The monoisotopic (exact) mass is 333 g/mol. The number of rotatable bonds is 3. The van der Waals surface area contributed by atoms with Crippen LogP contribution in [0.5, 0.6) is 0 Å². The van der Waals surface area contributed by atoms with Crippen molar-refractivity contribution < 1.29 is 4.79 Å². The van der Waals surface area contributed by atoms with E-state index in [9.17, 15) is 9.59 Å². The molecule has 1 aromatic carbocycles. The number of nitrogens with zero attached hydrogens (tertiary/aromatic N) is 2. The first-order valence-corrected chi connectivity index (χ1v) is 7.69. The maximum absolute atomic E-state index is 12.3. The van der Waals surface area contributed by atoms with E-state index in [1.807, 2.05) is 26.8 Å². The molecule has 5 nitrogen and oxygen atoms in total. The van der Waals surface area contributed by atoms with Crippen LogP contribution >= 0.6 is 11.6 Å². The van der Waals surface area contributed by atoms with E-state index in [1.54, 1.807) is 25.1 Å². The number of hydrogen-bond donors (Lipinski definition) is 1. The molecule has 6 heteroatoms. The highest BCUT2D eigenvalue weighted by molar-refractivity contribution is 6.30. The van der Waals surface area contributed by atoms with E-state index in [-0.39, 0.29) is 23.6 Å². The molecule has 2 rings (SSSR count). The maximum atomic E-state index is 12.3. The van der Waals surface area contributed by atoms with Crippen LogP contribution < -0.4 is 10.9 Å². The number of halogens is 1. The summed E-state index contributed by atoms with van der Waals surface area (Å²) >= 11 is 6.03. The zero-order chi connectivity index (χ0) is 17.2. The van der Waals surface area contributed by atoms with Crippen LogP contribution in [0.2, 0.25) is 5.02 Å². The molecule has 23 heavy (non-hydrogen) atoms. The van der Waals surface area contributed by atoms with Crippen molar-refractivity contribution in [1.29, 1.82) is 0 Å². The Bertz CT molecular complexity index is 791. The summed E-state index contributed by atoms with van der Waals surface area (Å²) < 4.78 is 1.36. The number of aromatic nitrogens is 2. The number of benzene rings is 1. The molecule has 0 bridgehead atoms. The van der Waals surface area contributed by atoms with Crippen molar-refractivity contribution in [3.63, 3.8) is 0 Å². The SMILES string of the molecule is Cc1cc(=O)n(CC(=O)NC(C)(C)C)c(-c2cccc(Cl)c2)n1. The molecule has 0 atom stereocenters. The van der Waals surface area contributed by atoms with Gasteiger partial charge in [0.1, 0.15) is 12.4 Å². The molecule has 0 saturated carbocycles. The number of amides is 1. The second-order valence-corrected chi connectivity index (χ2v) is 6.89. The Morgan fingerprint density at radius 2 is 2.00 bits per heavy atom. The molecule has 0 aliphatic rings. The largest absolute Gasteiger partial charge is 0.350 e. The van der Waals surface area contributed by atoms with Gasteiger partial charge in [-0.1, -0.05) is 23.7 Å². The van der Waals surface area contributed by atoms with Gasteiger partial charge in [0.05, 0.1) is 0 Å². The lowest BCUT2D eigenvalue weighted by atomic mass is 10.1. The summed E-state index contributed by atoms with van der Waals surface area (Å²) in [5.74, 6) is 0.190. The van der Waals surface area contributed by atoms with Crippen LogP contribution in [0.3, 0.4) is 0 Å². The molecule has 2 aromatic rings. The van der Waals surface area contributed by atoms with Gasteiger partial charge in [-0.2, -0.15) is 0 Å². The Labute approximate surface area is 140 Å². The summed E-state index contributed by atoms with van der Waals surface area (Å²) in [4.78, 5) is 28.9. The average molecular weight is 334 g/mol. The third-order valence-corrected chi connectivity index (χ3v) is 3.27. The van der Waals surface area contributed by atoms with Crippen LogP contribution in [0.1, 0.15) is 26.5 Å². The summed E-state index contributed by atoms with van der Waals surface area (Å²) in [5, 5.41) is 3.39. The highest BCUT2D eigenvalue weighted by Crippen LogP contribution is 2.20. The molecule has 1 heterocycles. The molecular formula is C17H20ClN3O2. The van der Waals surface area contributed by atoms with Crippen molar-refractivity contribution in [2.45, 2.75) is 39.8 Å². The Morgan fingerprint density at radius 1 is 1.30 bits per heavy atom. The standard InChI is InChI=1S/C17H20ClN3O2/c1-11-8-15(23)21(10-14(22)20-17(2,3)4)16(19-11)12-6-5-7-13(18)9-12/h5-9H,10H2,1-4H3,(H,20,22). The van der Waals surface area contributed by atoms with Gasteiger partial charge in [-0.25, -0.2) is 4.98 Å². The lowest BCUT2D eigenvalue weighted by Gasteiger charge is -2.21. The van der Waals surface area contributed by atoms with E-state index in [0.29, 0.717) is 22.1 Å². The highest BCUT2D eigenvalue weighted by atomic mass is 35.5. The Hall–Kier alpha value is -2.14. The van der Waals surface area contributed by atoms with Crippen LogP contribution in [-0.2, 0) is 11.3 Å². The molecule has 0 unspecified atom stereocenters. The lowest BCUT2D eigenvalue weighted by molar-refractivity contribution is -0.123. The minimum absolute atomic E-state index is 0.0920. The molecular weight excluding hydrogens is 314 g/mol. The number of carbonyl (C=O) groups excluding carboxylic acids is 1. The minimum atomic E-state index is -0.366. The summed E-state index contributed by atoms with van der Waals surface area (Å²) in [6.45, 7) is 7.32. The number of nitrogens with one attached hydrogen (secondary N) is 1. The van der Waals surface area contributed by atoms with Crippen LogP contribution in [0, 0.1) is 6.92 Å². The van der Waals surface area contributed by atoms with Crippen LogP contribution in [-0.4, -0.2) is 21.0 Å². The van der Waals surface area contributed by atoms with Gasteiger partial charge >= 0.3 is 0 Å². The fraction of sp³-hybridized carbons (Fsp3) is 0.353. The third-order valence-electron chi connectivity index (χ3n) is 3.04. The van der Waals surface area contributed by atoms with Crippen LogP contribution in [0.4, 0.5) is 0 Å². The molecule has 0 aliphatic heterocycles. The second kappa shape index (κ2) is 6.54. The minimum Gasteiger partial charge on any atom is -0.350 e. The zero-order valence-electron chi connectivity index (χ0n) is 13.7. The van der Waals surface area contributed by atoms with Gasteiger partial charge in [0.25, 0.3) is 5.56 Å². The van der Waals surface area contributed by atoms with Gasteiger partial charge in [-0.15, -0.1) is 0 Å². The van der Waals surface area contributed by atoms with Gasteiger partial charge in [0.15, 0.2) is 0 Å². The number of carbonyl (C=O) groups is 1. The number of aryl methyl sites for hydroxylation is 1. The van der Waals surface area contributed by atoms with Crippen LogP contribution in [0.25, 0.3) is 11.4 Å². The first kappa shape index (κ1) is 17.2. The molecule has 1 amide bonds. The molecule has 0 saturated heterocycles. The second-order valence-electron chi connectivity index (χ2n) is 6.45. The lowest BCUT2D eigenvalue weighted by Crippen LogP contribution is -2.43. The Kier molecular flexibility index (Phi) is 4.90. The van der Waals surface area contributed by atoms with E-state index < -0.39 is 0 Å². The molecule has 0 aliphatic carbocycles. The number of hydrogen-bond acceptors (Lipinski definition) is 3. The van der Waals surface area contributed by atoms with Gasteiger partial charge in [0.2, 0.25) is 5.91 Å². The Morgan fingerprint density at radius 3 is 2.61 bits per heavy atom. The normalized spacial score (nSPS) is 11.3. The van der Waals surface area contributed by atoms with Gasteiger partial charge in [0, 0.05) is 27.9 Å². The molecule has 0 fully saturated rings. The fourth-order valence-electron chi connectivity index (χ4n) is 2.22. The highest BCUT2D eigenvalue weighted by Gasteiger charge is 2.17. The maximum Gasteiger partial charge on any atom is 0.254 e. The summed E-state index contributed by atoms with van der Waals surface area (Å²) in [5.41, 5.74) is 0.658. The predicted octanol–water partition coefficient (Wildman–Crippen LogP) is 2.79. The smallest absolute Gasteiger partial charge is 0.254 e. The average Bonchev–Trinajstić information content (AvgIpc) is 2.39. The predicted molar refractivity (Wildman–Crippen MR) is 91.6 cm³/mol. The quantitative estimate of drug-likeness (QED) is 0.939. The first-order valence-electron chi connectivity index (χ1n) is 7.31. The van der Waals surface area contributed by atoms with E-state index in [2.05, 4.69) is 10.3 Å².